The van der Waals surface area contributed by atoms with E-state index >= 15 is 0 Å². The van der Waals surface area contributed by atoms with Crippen molar-refractivity contribution in [3.8, 4) is 0 Å². The van der Waals surface area contributed by atoms with E-state index < -0.39 is 0 Å². The maximum atomic E-state index is 10.7. The van der Waals surface area contributed by atoms with Gasteiger partial charge in [-0.25, -0.2) is 4.90 Å². The summed E-state index contributed by atoms with van der Waals surface area (Å²) in [4.78, 5) is 11.4. The molecule has 0 bridgehead atoms. The molecule has 0 aliphatic heterocycles. The minimum Gasteiger partial charge on any atom is -0.494 e. The van der Waals surface area contributed by atoms with E-state index in [2.05, 4.69) is 13.2 Å². The third-order valence-electron chi connectivity index (χ3n) is 1.88. The highest BCUT2D eigenvalue weighted by atomic mass is 16.3. The van der Waals surface area contributed by atoms with Gasteiger partial charge in [0.1, 0.15) is 0 Å². The lowest BCUT2D eigenvalue weighted by atomic mass is 10.2. The zero-order valence-electron chi connectivity index (χ0n) is 8.90. The van der Waals surface area contributed by atoms with Crippen molar-refractivity contribution in [2.75, 3.05) is 0 Å². The van der Waals surface area contributed by atoms with Crippen molar-refractivity contribution in [3.05, 3.63) is 48.2 Å². The molecule has 0 unspecified atom stereocenters. The molecular weight excluding hydrogens is 194 g/mol. The Labute approximate surface area is 89.1 Å². The molecule has 2 N–H and O–H groups in total. The highest BCUT2D eigenvalue weighted by molar-refractivity contribution is 5.55. The summed E-state index contributed by atoms with van der Waals surface area (Å²) in [5.74, 6) is -0.725. The van der Waals surface area contributed by atoms with Gasteiger partial charge in [-0.15, -0.1) is 0 Å². The molecule has 0 aliphatic carbocycles. The van der Waals surface area contributed by atoms with Crippen LogP contribution in [-0.4, -0.2) is 21.5 Å². The first-order valence-electron chi connectivity index (χ1n) is 4.28. The summed E-state index contributed by atoms with van der Waals surface area (Å²) >= 11 is 0. The first-order valence-corrected chi connectivity index (χ1v) is 4.28. The second kappa shape index (κ2) is 5.70. The summed E-state index contributed by atoms with van der Waals surface area (Å²) in [6.45, 7) is 10.0. The van der Waals surface area contributed by atoms with Crippen molar-refractivity contribution in [2.24, 2.45) is 0 Å². The lowest BCUT2D eigenvalue weighted by molar-refractivity contribution is -0.118. The van der Waals surface area contributed by atoms with Gasteiger partial charge in [0.15, 0.2) is 0 Å². The van der Waals surface area contributed by atoms with Gasteiger partial charge in [-0.2, -0.15) is 0 Å². The normalized spacial score (nSPS) is 13.5. The molecule has 1 amide bonds. The molecular formula is C11H15NO3. The van der Waals surface area contributed by atoms with Crippen molar-refractivity contribution in [2.45, 2.75) is 13.8 Å². The number of amides is 1. The highest BCUT2D eigenvalue weighted by Crippen LogP contribution is 2.14. The van der Waals surface area contributed by atoms with Gasteiger partial charge in [-0.1, -0.05) is 25.3 Å². The molecule has 0 rings (SSSR count). The van der Waals surface area contributed by atoms with Crippen LogP contribution in [-0.2, 0) is 4.79 Å². The van der Waals surface area contributed by atoms with Gasteiger partial charge in [0.05, 0.1) is 0 Å². The summed E-state index contributed by atoms with van der Waals surface area (Å²) in [6.07, 6.45) is 3.06. The molecule has 4 nitrogen and oxygen atoms in total. The molecule has 0 radical (unpaired) electrons. The van der Waals surface area contributed by atoms with Gasteiger partial charge in [0.2, 0.25) is 18.2 Å². The average Bonchev–Trinajstić information content (AvgIpc) is 2.27. The molecule has 0 heterocycles. The predicted molar refractivity (Wildman–Crippen MR) is 59.0 cm³/mol. The van der Waals surface area contributed by atoms with Crippen molar-refractivity contribution >= 4 is 6.41 Å². The largest absolute Gasteiger partial charge is 0.494 e. The average molecular weight is 209 g/mol. The second-order valence-corrected chi connectivity index (χ2v) is 2.90. The monoisotopic (exact) mass is 209 g/mol. The molecule has 0 saturated heterocycles. The Kier molecular flexibility index (Phi) is 4.95. The quantitative estimate of drug-likeness (QED) is 0.415. The van der Waals surface area contributed by atoms with Crippen LogP contribution in [0.2, 0.25) is 0 Å². The van der Waals surface area contributed by atoms with Gasteiger partial charge in [0, 0.05) is 11.1 Å². The first kappa shape index (κ1) is 13.0. The SMILES string of the molecule is C=C/C(C)=C(\O)N(C=O)/C(O)=C(\C)C=C. The van der Waals surface area contributed by atoms with Crippen LogP contribution < -0.4 is 0 Å². The predicted octanol–water partition coefficient (Wildman–Crippen LogP) is 2.40. The Morgan fingerprint density at radius 2 is 1.40 bits per heavy atom. The Bertz CT molecular complexity index is 310. The van der Waals surface area contributed by atoms with Gasteiger partial charge in [-0.05, 0) is 13.8 Å². The maximum absolute atomic E-state index is 10.7. The standard InChI is InChI=1S/C11H15NO3/c1-5-8(3)10(14)12(7-13)11(15)9(4)6-2/h5-7,14-15H,1-2H2,3-4H3/b10-8-,11-9-. The van der Waals surface area contributed by atoms with E-state index in [-0.39, 0.29) is 11.8 Å². The Hall–Kier alpha value is -1.97. The molecule has 4 heteroatoms. The fourth-order valence-electron chi connectivity index (χ4n) is 0.763. The summed E-state index contributed by atoms with van der Waals surface area (Å²) in [5.41, 5.74) is 0.760. The number of aliphatic hydroxyl groups is 2. The number of nitrogens with zero attached hydrogens (tertiary/aromatic N) is 1. The number of carbonyl (C=O) groups excluding carboxylic acids is 1. The summed E-state index contributed by atoms with van der Waals surface area (Å²) in [5, 5.41) is 19.1. The number of carbonyl (C=O) groups is 1. The smallest absolute Gasteiger partial charge is 0.223 e. The van der Waals surface area contributed by atoms with Crippen LogP contribution in [0.25, 0.3) is 0 Å². The van der Waals surface area contributed by atoms with Gasteiger partial charge >= 0.3 is 0 Å². The molecule has 0 aromatic carbocycles. The molecule has 82 valence electrons. The lowest BCUT2D eigenvalue weighted by Crippen LogP contribution is -2.22. The summed E-state index contributed by atoms with van der Waals surface area (Å²) in [7, 11) is 0. The Morgan fingerprint density at radius 1 is 1.07 bits per heavy atom. The maximum Gasteiger partial charge on any atom is 0.223 e. The van der Waals surface area contributed by atoms with Crippen LogP contribution in [0, 0.1) is 0 Å². The number of hydrogen-bond acceptors (Lipinski definition) is 3. The van der Waals surface area contributed by atoms with E-state index in [0.29, 0.717) is 22.5 Å². The fourth-order valence-corrected chi connectivity index (χ4v) is 0.763. The molecule has 0 fully saturated rings. The third kappa shape index (κ3) is 3.02. The molecule has 0 aromatic heterocycles. The van der Waals surface area contributed by atoms with Crippen LogP contribution >= 0.6 is 0 Å². The molecule has 15 heavy (non-hydrogen) atoms. The summed E-state index contributed by atoms with van der Waals surface area (Å²) < 4.78 is 0. The van der Waals surface area contributed by atoms with Crippen molar-refractivity contribution in [3.63, 3.8) is 0 Å². The molecule has 0 aliphatic rings. The lowest BCUT2D eigenvalue weighted by Gasteiger charge is -2.17. The molecule has 0 spiro atoms. The number of rotatable bonds is 5. The minimum absolute atomic E-state index is 0.310. The number of hydrogen-bond donors (Lipinski definition) is 2. The van der Waals surface area contributed by atoms with Crippen LogP contribution in [0.3, 0.4) is 0 Å². The van der Waals surface area contributed by atoms with Crippen molar-refractivity contribution in [1.29, 1.82) is 0 Å². The minimum atomic E-state index is -0.362. The number of allylic oxidation sites excluding steroid dienone is 4. The molecule has 0 aromatic rings. The van der Waals surface area contributed by atoms with Crippen LogP contribution in [0.1, 0.15) is 13.8 Å². The van der Waals surface area contributed by atoms with E-state index in [9.17, 15) is 15.0 Å². The van der Waals surface area contributed by atoms with Crippen molar-refractivity contribution in [1.82, 2.24) is 4.90 Å². The van der Waals surface area contributed by atoms with E-state index in [1.165, 1.54) is 12.2 Å². The fraction of sp³-hybridized carbons (Fsp3) is 0.182. The van der Waals surface area contributed by atoms with Crippen LogP contribution in [0.15, 0.2) is 48.2 Å². The van der Waals surface area contributed by atoms with Crippen molar-refractivity contribution < 1.29 is 15.0 Å². The molecule has 0 atom stereocenters. The zero-order chi connectivity index (χ0) is 12.0. The van der Waals surface area contributed by atoms with Crippen LogP contribution in [0.4, 0.5) is 0 Å². The van der Waals surface area contributed by atoms with E-state index in [0.717, 1.165) is 0 Å². The van der Waals surface area contributed by atoms with E-state index in [1.807, 2.05) is 0 Å². The second-order valence-electron chi connectivity index (χ2n) is 2.90. The summed E-state index contributed by atoms with van der Waals surface area (Å²) in [6, 6.07) is 0. The van der Waals surface area contributed by atoms with E-state index in [4.69, 9.17) is 0 Å². The third-order valence-corrected chi connectivity index (χ3v) is 1.88. The van der Waals surface area contributed by atoms with Gasteiger partial charge in [0.25, 0.3) is 0 Å². The Balaban J connectivity index is 5.37. The zero-order valence-corrected chi connectivity index (χ0v) is 8.90. The highest BCUT2D eigenvalue weighted by Gasteiger charge is 2.15. The first-order chi connectivity index (χ1) is 6.99. The van der Waals surface area contributed by atoms with Crippen LogP contribution in [0.5, 0.6) is 0 Å². The topological polar surface area (TPSA) is 60.8 Å². The van der Waals surface area contributed by atoms with E-state index in [1.54, 1.807) is 13.8 Å². The molecule has 0 saturated carbocycles. The number of aliphatic hydroxyl groups excluding tert-OH is 2. The van der Waals surface area contributed by atoms with Gasteiger partial charge < -0.3 is 10.2 Å². The van der Waals surface area contributed by atoms with Gasteiger partial charge in [-0.3, -0.25) is 4.79 Å². The Morgan fingerprint density at radius 3 is 1.60 bits per heavy atom.